The van der Waals surface area contributed by atoms with Gasteiger partial charge in [-0.3, -0.25) is 9.59 Å². The predicted molar refractivity (Wildman–Crippen MR) is 104 cm³/mol. The first-order chi connectivity index (χ1) is 12.3. The Morgan fingerprint density at radius 1 is 1.19 bits per heavy atom. The largest absolute Gasteiger partial charge is 0.396 e. The van der Waals surface area contributed by atoms with Crippen molar-refractivity contribution in [2.24, 2.45) is 23.7 Å². The lowest BCUT2D eigenvalue weighted by atomic mass is 9.70. The molecule has 0 heterocycles. The molecular formula is C22H33NO3. The molecule has 1 aromatic carbocycles. The Morgan fingerprint density at radius 3 is 2.38 bits per heavy atom. The van der Waals surface area contributed by atoms with Crippen molar-refractivity contribution in [3.63, 3.8) is 0 Å². The van der Waals surface area contributed by atoms with E-state index in [1.54, 1.807) is 12.1 Å². The molecule has 1 unspecified atom stereocenters. The van der Waals surface area contributed by atoms with Crippen LogP contribution in [0, 0.1) is 23.7 Å². The zero-order valence-corrected chi connectivity index (χ0v) is 16.5. The molecule has 4 atom stereocenters. The molecule has 0 spiro atoms. The Morgan fingerprint density at radius 2 is 1.85 bits per heavy atom. The van der Waals surface area contributed by atoms with Gasteiger partial charge in [0.2, 0.25) is 5.91 Å². The summed E-state index contributed by atoms with van der Waals surface area (Å²) in [6.45, 7) is 8.56. The summed E-state index contributed by atoms with van der Waals surface area (Å²) in [6.07, 6.45) is 3.27. The molecule has 144 valence electrons. The molecule has 1 fully saturated rings. The van der Waals surface area contributed by atoms with E-state index in [1.165, 1.54) is 13.3 Å². The van der Waals surface area contributed by atoms with E-state index in [2.05, 4.69) is 26.1 Å². The van der Waals surface area contributed by atoms with Gasteiger partial charge in [-0.2, -0.15) is 0 Å². The van der Waals surface area contributed by atoms with Gasteiger partial charge >= 0.3 is 0 Å². The van der Waals surface area contributed by atoms with Crippen LogP contribution >= 0.6 is 0 Å². The summed E-state index contributed by atoms with van der Waals surface area (Å²) >= 11 is 0. The van der Waals surface area contributed by atoms with Crippen LogP contribution in [0.4, 0.5) is 0 Å². The number of hydrogen-bond donors (Lipinski definition) is 2. The minimum absolute atomic E-state index is 0.0246. The molecule has 0 radical (unpaired) electrons. The first kappa shape index (κ1) is 20.6. The zero-order valence-electron chi connectivity index (χ0n) is 16.5. The highest BCUT2D eigenvalue weighted by Gasteiger charge is 2.35. The summed E-state index contributed by atoms with van der Waals surface area (Å²) in [6, 6.07) is 7.28. The summed E-state index contributed by atoms with van der Waals surface area (Å²) in [7, 11) is 0. The predicted octanol–water partition coefficient (Wildman–Crippen LogP) is 3.79. The molecule has 0 aliphatic heterocycles. The fourth-order valence-corrected chi connectivity index (χ4v) is 4.14. The third kappa shape index (κ3) is 5.16. The fraction of sp³-hybridized carbons (Fsp3) is 0.636. The van der Waals surface area contributed by atoms with Crippen molar-refractivity contribution in [1.29, 1.82) is 0 Å². The van der Waals surface area contributed by atoms with Gasteiger partial charge < -0.3 is 10.4 Å². The van der Waals surface area contributed by atoms with Crippen LogP contribution in [0.5, 0.6) is 0 Å². The van der Waals surface area contributed by atoms with Crippen molar-refractivity contribution >= 4 is 11.7 Å². The van der Waals surface area contributed by atoms with E-state index < -0.39 is 0 Å². The number of ketones is 1. The third-order valence-corrected chi connectivity index (χ3v) is 5.89. The Bertz CT molecular complexity index is 608. The maximum Gasteiger partial charge on any atom is 0.223 e. The van der Waals surface area contributed by atoms with E-state index in [4.69, 9.17) is 0 Å². The molecule has 1 saturated carbocycles. The molecule has 0 saturated heterocycles. The van der Waals surface area contributed by atoms with E-state index in [1.807, 2.05) is 12.1 Å². The SMILES string of the molecule is CC(=O)c1ccc(C(CO)CNC(=O)[C@@H]2C[C@H](C)CC[C@H]2C(C)C)cc1. The number of amides is 1. The van der Waals surface area contributed by atoms with Gasteiger partial charge in [-0.05, 0) is 43.1 Å². The average molecular weight is 360 g/mol. The lowest BCUT2D eigenvalue weighted by Gasteiger charge is -2.36. The second kappa shape index (κ2) is 9.31. The number of benzene rings is 1. The Labute approximate surface area is 157 Å². The molecule has 0 bridgehead atoms. The van der Waals surface area contributed by atoms with Crippen LogP contribution in [-0.2, 0) is 4.79 Å². The van der Waals surface area contributed by atoms with Crippen molar-refractivity contribution in [2.45, 2.75) is 52.9 Å². The van der Waals surface area contributed by atoms with Gasteiger partial charge in [0.25, 0.3) is 0 Å². The fourth-order valence-electron chi connectivity index (χ4n) is 4.14. The number of nitrogens with one attached hydrogen (secondary N) is 1. The molecular weight excluding hydrogens is 326 g/mol. The van der Waals surface area contributed by atoms with Crippen LogP contribution in [0.1, 0.15) is 68.8 Å². The van der Waals surface area contributed by atoms with Crippen LogP contribution in [-0.4, -0.2) is 29.9 Å². The molecule has 26 heavy (non-hydrogen) atoms. The molecule has 1 amide bonds. The normalized spacial score (nSPS) is 24.3. The Kier molecular flexibility index (Phi) is 7.39. The van der Waals surface area contributed by atoms with Gasteiger partial charge in [0, 0.05) is 23.9 Å². The average Bonchev–Trinajstić information content (AvgIpc) is 2.62. The minimum atomic E-state index is -0.154. The zero-order chi connectivity index (χ0) is 19.3. The molecule has 0 aromatic heterocycles. The number of aliphatic hydroxyl groups is 1. The van der Waals surface area contributed by atoms with Crippen LogP contribution in [0.3, 0.4) is 0 Å². The van der Waals surface area contributed by atoms with E-state index in [9.17, 15) is 14.7 Å². The van der Waals surface area contributed by atoms with Crippen molar-refractivity contribution < 1.29 is 14.7 Å². The van der Waals surface area contributed by atoms with E-state index in [-0.39, 0.29) is 30.1 Å². The maximum atomic E-state index is 12.8. The lowest BCUT2D eigenvalue weighted by molar-refractivity contribution is -0.129. The number of hydrogen-bond acceptors (Lipinski definition) is 3. The molecule has 4 nitrogen and oxygen atoms in total. The summed E-state index contributed by atoms with van der Waals surface area (Å²) < 4.78 is 0. The number of carbonyl (C=O) groups excluding carboxylic acids is 2. The standard InChI is InChI=1S/C22H33NO3/c1-14(2)20-10-5-15(3)11-21(20)22(26)23-12-19(13-24)18-8-6-17(7-9-18)16(4)25/h6-9,14-15,19-21,24H,5,10-13H2,1-4H3,(H,23,26)/t15-,19?,20+,21-/m1/s1. The van der Waals surface area contributed by atoms with Gasteiger partial charge in [0.15, 0.2) is 5.78 Å². The quantitative estimate of drug-likeness (QED) is 0.728. The number of Topliss-reactive ketones (excluding diaryl/α,β-unsaturated/α-hetero) is 1. The van der Waals surface area contributed by atoms with Crippen LogP contribution in [0.2, 0.25) is 0 Å². The van der Waals surface area contributed by atoms with Gasteiger partial charge in [-0.25, -0.2) is 0 Å². The second-order valence-electron chi connectivity index (χ2n) is 8.24. The molecule has 2 rings (SSSR count). The highest BCUT2D eigenvalue weighted by molar-refractivity contribution is 5.94. The maximum absolute atomic E-state index is 12.8. The highest BCUT2D eigenvalue weighted by Crippen LogP contribution is 2.38. The first-order valence-electron chi connectivity index (χ1n) is 9.82. The van der Waals surface area contributed by atoms with E-state index in [0.717, 1.165) is 18.4 Å². The highest BCUT2D eigenvalue weighted by atomic mass is 16.3. The molecule has 4 heteroatoms. The van der Waals surface area contributed by atoms with E-state index in [0.29, 0.717) is 29.9 Å². The van der Waals surface area contributed by atoms with Gasteiger partial charge in [0.1, 0.15) is 0 Å². The van der Waals surface area contributed by atoms with Crippen molar-refractivity contribution in [2.75, 3.05) is 13.2 Å². The number of carbonyl (C=O) groups is 2. The molecule has 1 aromatic rings. The van der Waals surface area contributed by atoms with Crippen LogP contribution in [0.25, 0.3) is 0 Å². The minimum Gasteiger partial charge on any atom is -0.396 e. The van der Waals surface area contributed by atoms with Crippen molar-refractivity contribution in [3.8, 4) is 0 Å². The van der Waals surface area contributed by atoms with Crippen molar-refractivity contribution in [1.82, 2.24) is 5.32 Å². The smallest absolute Gasteiger partial charge is 0.223 e. The van der Waals surface area contributed by atoms with E-state index >= 15 is 0 Å². The summed E-state index contributed by atoms with van der Waals surface area (Å²) in [5, 5.41) is 12.8. The molecule has 1 aliphatic rings. The van der Waals surface area contributed by atoms with Crippen LogP contribution in [0.15, 0.2) is 24.3 Å². The van der Waals surface area contributed by atoms with Gasteiger partial charge in [0.05, 0.1) is 6.61 Å². The van der Waals surface area contributed by atoms with Gasteiger partial charge in [-0.15, -0.1) is 0 Å². The number of aliphatic hydroxyl groups excluding tert-OH is 1. The van der Waals surface area contributed by atoms with Crippen LogP contribution < -0.4 is 5.32 Å². The third-order valence-electron chi connectivity index (χ3n) is 5.89. The Balaban J connectivity index is 2.00. The first-order valence-corrected chi connectivity index (χ1v) is 9.82. The molecule has 1 aliphatic carbocycles. The lowest BCUT2D eigenvalue weighted by Crippen LogP contribution is -2.41. The number of rotatable bonds is 7. The second-order valence-corrected chi connectivity index (χ2v) is 8.24. The molecule has 2 N–H and O–H groups in total. The van der Waals surface area contributed by atoms with Gasteiger partial charge in [-0.1, -0.05) is 51.5 Å². The topological polar surface area (TPSA) is 66.4 Å². The summed E-state index contributed by atoms with van der Waals surface area (Å²) in [5.74, 6) is 1.59. The summed E-state index contributed by atoms with van der Waals surface area (Å²) in [4.78, 5) is 24.2. The summed E-state index contributed by atoms with van der Waals surface area (Å²) in [5.41, 5.74) is 1.60. The Hall–Kier alpha value is -1.68. The monoisotopic (exact) mass is 359 g/mol. The van der Waals surface area contributed by atoms with Crippen molar-refractivity contribution in [3.05, 3.63) is 35.4 Å².